The van der Waals surface area contributed by atoms with E-state index in [0.29, 0.717) is 67.3 Å². The smallest absolute Gasteiger partial charge is 0.211 e. The normalized spacial score (nSPS) is 17.5. The van der Waals surface area contributed by atoms with Crippen molar-refractivity contribution < 1.29 is 26.7 Å². The van der Waals surface area contributed by atoms with Gasteiger partial charge in [0.05, 0.1) is 6.26 Å². The van der Waals surface area contributed by atoms with E-state index in [-0.39, 0.29) is 5.78 Å². The molecule has 0 aromatic heterocycles. The fourth-order valence-corrected chi connectivity index (χ4v) is 4.60. The lowest BCUT2D eigenvalue weighted by molar-refractivity contribution is 0.105. The molecule has 2 aromatic carbocycles. The molecule has 1 aliphatic heterocycles. The maximum absolute atomic E-state index is 13.6. The molecular weight excluding hydrogens is 426 g/mol. The van der Waals surface area contributed by atoms with Crippen LogP contribution in [0.5, 0.6) is 5.75 Å². The quantitative estimate of drug-likeness (QED) is 0.680. The molecule has 9 heteroatoms. The van der Waals surface area contributed by atoms with Gasteiger partial charge >= 0.3 is 0 Å². The summed E-state index contributed by atoms with van der Waals surface area (Å²) in [6.07, 6.45) is 2.88. The van der Waals surface area contributed by atoms with Crippen LogP contribution in [0.2, 0.25) is 0 Å². The SMILES string of the molecule is CS(=O)(=O)N1CCN(CCOc2ccc3c(c2)C(=O)C(c2ccc(F)c(F)c2)=C3)CC1. The summed E-state index contributed by atoms with van der Waals surface area (Å²) in [4.78, 5) is 14.9. The number of ether oxygens (including phenoxy) is 1. The molecule has 0 unspecified atom stereocenters. The Morgan fingerprint density at radius 1 is 1.00 bits per heavy atom. The number of Topliss-reactive ketones (excluding diaryl/α,β-unsaturated/α-hetero) is 1. The molecule has 0 saturated carbocycles. The van der Waals surface area contributed by atoms with Crippen molar-refractivity contribution in [3.63, 3.8) is 0 Å². The van der Waals surface area contributed by atoms with Crippen molar-refractivity contribution in [2.75, 3.05) is 45.6 Å². The zero-order valence-electron chi connectivity index (χ0n) is 17.0. The van der Waals surface area contributed by atoms with Gasteiger partial charge in [0.2, 0.25) is 10.0 Å². The Kier molecular flexibility index (Phi) is 5.92. The van der Waals surface area contributed by atoms with Crippen LogP contribution in [0.4, 0.5) is 8.78 Å². The third kappa shape index (κ3) is 4.68. The number of ketones is 1. The van der Waals surface area contributed by atoms with Gasteiger partial charge in [0.25, 0.3) is 0 Å². The number of allylic oxidation sites excluding steroid dienone is 1. The van der Waals surface area contributed by atoms with Crippen LogP contribution >= 0.6 is 0 Å². The largest absolute Gasteiger partial charge is 0.492 e. The van der Waals surface area contributed by atoms with Gasteiger partial charge in [-0.2, -0.15) is 4.31 Å². The number of nitrogens with zero attached hydrogens (tertiary/aromatic N) is 2. The second kappa shape index (κ2) is 8.49. The zero-order valence-corrected chi connectivity index (χ0v) is 17.8. The number of halogens is 2. The second-order valence-electron chi connectivity index (χ2n) is 7.62. The molecule has 0 amide bonds. The minimum absolute atomic E-state index is 0.261. The van der Waals surface area contributed by atoms with E-state index in [1.807, 2.05) is 0 Å². The minimum atomic E-state index is -3.15. The summed E-state index contributed by atoms with van der Waals surface area (Å²) in [5.41, 5.74) is 1.80. The third-order valence-corrected chi connectivity index (χ3v) is 6.82. The molecule has 1 aliphatic carbocycles. The molecule has 0 bridgehead atoms. The lowest BCUT2D eigenvalue weighted by Gasteiger charge is -2.33. The summed E-state index contributed by atoms with van der Waals surface area (Å²) in [6.45, 7) is 3.24. The van der Waals surface area contributed by atoms with Crippen molar-refractivity contribution in [2.45, 2.75) is 0 Å². The van der Waals surface area contributed by atoms with Gasteiger partial charge < -0.3 is 4.74 Å². The standard InChI is InChI=1S/C22H22F2N2O4S/c1-31(28,29)26-8-6-25(7-9-26)10-11-30-17-4-2-15-12-18(22(27)19(15)14-17)16-3-5-20(23)21(24)13-16/h2-5,12-14H,6-11H2,1H3. The molecular formula is C22H22F2N2O4S. The maximum Gasteiger partial charge on any atom is 0.211 e. The molecule has 1 heterocycles. The fraction of sp³-hybridized carbons (Fsp3) is 0.318. The predicted octanol–water partition coefficient (Wildman–Crippen LogP) is 2.66. The summed E-state index contributed by atoms with van der Waals surface area (Å²) in [5, 5.41) is 0. The Morgan fingerprint density at radius 2 is 1.74 bits per heavy atom. The van der Waals surface area contributed by atoms with Crippen molar-refractivity contribution in [1.82, 2.24) is 9.21 Å². The molecule has 6 nitrogen and oxygen atoms in total. The second-order valence-corrected chi connectivity index (χ2v) is 9.60. The number of sulfonamides is 1. The number of piperazine rings is 1. The van der Waals surface area contributed by atoms with Crippen LogP contribution in [0, 0.1) is 11.6 Å². The monoisotopic (exact) mass is 448 g/mol. The van der Waals surface area contributed by atoms with E-state index >= 15 is 0 Å². The van der Waals surface area contributed by atoms with Gasteiger partial charge in [-0.25, -0.2) is 17.2 Å². The third-order valence-electron chi connectivity index (χ3n) is 5.52. The van der Waals surface area contributed by atoms with Crippen molar-refractivity contribution >= 4 is 27.5 Å². The average Bonchev–Trinajstić information content (AvgIpc) is 3.06. The number of carbonyl (C=O) groups excluding carboxylic acids is 1. The average molecular weight is 448 g/mol. The van der Waals surface area contributed by atoms with Gasteiger partial charge in [0, 0.05) is 43.9 Å². The Bertz CT molecular complexity index is 1160. The number of hydrogen-bond acceptors (Lipinski definition) is 5. The Balaban J connectivity index is 1.35. The molecule has 0 N–H and O–H groups in total. The van der Waals surface area contributed by atoms with E-state index in [1.54, 1.807) is 24.3 Å². The molecule has 0 spiro atoms. The van der Waals surface area contributed by atoms with Gasteiger partial charge in [0.15, 0.2) is 17.4 Å². The molecule has 1 fully saturated rings. The van der Waals surface area contributed by atoms with Crippen LogP contribution in [0.15, 0.2) is 36.4 Å². The summed E-state index contributed by atoms with van der Waals surface area (Å²) in [7, 11) is -3.15. The highest BCUT2D eigenvalue weighted by molar-refractivity contribution is 7.88. The molecule has 4 rings (SSSR count). The molecule has 31 heavy (non-hydrogen) atoms. The highest BCUT2D eigenvalue weighted by atomic mass is 32.2. The zero-order chi connectivity index (χ0) is 22.2. The highest BCUT2D eigenvalue weighted by Gasteiger charge is 2.25. The van der Waals surface area contributed by atoms with Gasteiger partial charge in [-0.15, -0.1) is 0 Å². The van der Waals surface area contributed by atoms with Crippen LogP contribution < -0.4 is 4.74 Å². The van der Waals surface area contributed by atoms with Gasteiger partial charge in [0.1, 0.15) is 12.4 Å². The number of rotatable bonds is 6. The lowest BCUT2D eigenvalue weighted by Crippen LogP contribution is -2.49. The summed E-state index contributed by atoms with van der Waals surface area (Å²) >= 11 is 0. The Morgan fingerprint density at radius 3 is 2.42 bits per heavy atom. The molecule has 2 aliphatic rings. The molecule has 1 saturated heterocycles. The molecule has 0 radical (unpaired) electrons. The summed E-state index contributed by atoms with van der Waals surface area (Å²) in [6, 6.07) is 8.59. The Hall–Kier alpha value is -2.62. The van der Waals surface area contributed by atoms with Crippen molar-refractivity contribution in [3.8, 4) is 5.75 Å². The van der Waals surface area contributed by atoms with E-state index in [0.717, 1.165) is 12.1 Å². The number of benzene rings is 2. The summed E-state index contributed by atoms with van der Waals surface area (Å²) < 4.78 is 57.2. The number of hydrogen-bond donors (Lipinski definition) is 0. The fourth-order valence-electron chi connectivity index (χ4n) is 3.77. The highest BCUT2D eigenvalue weighted by Crippen LogP contribution is 2.34. The molecule has 164 valence electrons. The van der Waals surface area contributed by atoms with E-state index in [1.165, 1.54) is 16.6 Å². The van der Waals surface area contributed by atoms with Crippen molar-refractivity contribution in [2.24, 2.45) is 0 Å². The van der Waals surface area contributed by atoms with Crippen LogP contribution in [0.3, 0.4) is 0 Å². The van der Waals surface area contributed by atoms with Crippen LogP contribution in [-0.2, 0) is 10.0 Å². The number of carbonyl (C=O) groups is 1. The van der Waals surface area contributed by atoms with Crippen molar-refractivity contribution in [1.29, 1.82) is 0 Å². The summed E-state index contributed by atoms with van der Waals surface area (Å²) in [5.74, 6) is -1.67. The Labute approximate surface area is 179 Å². The number of fused-ring (bicyclic) bond motifs is 1. The van der Waals surface area contributed by atoms with E-state index < -0.39 is 21.7 Å². The first-order chi connectivity index (χ1) is 14.7. The topological polar surface area (TPSA) is 66.9 Å². The minimum Gasteiger partial charge on any atom is -0.492 e. The van der Waals surface area contributed by atoms with Gasteiger partial charge in [-0.3, -0.25) is 9.69 Å². The molecule has 0 atom stereocenters. The van der Waals surface area contributed by atoms with E-state index in [2.05, 4.69) is 4.90 Å². The maximum atomic E-state index is 13.6. The first-order valence-corrected chi connectivity index (χ1v) is 11.7. The first-order valence-electron chi connectivity index (χ1n) is 9.88. The van der Waals surface area contributed by atoms with Crippen LogP contribution in [-0.4, -0.2) is 69.0 Å². The van der Waals surface area contributed by atoms with Crippen LogP contribution in [0.1, 0.15) is 21.5 Å². The van der Waals surface area contributed by atoms with E-state index in [9.17, 15) is 22.0 Å². The predicted molar refractivity (Wildman–Crippen MR) is 113 cm³/mol. The van der Waals surface area contributed by atoms with E-state index in [4.69, 9.17) is 4.74 Å². The van der Waals surface area contributed by atoms with Gasteiger partial charge in [-0.1, -0.05) is 12.1 Å². The lowest BCUT2D eigenvalue weighted by atomic mass is 10.0. The van der Waals surface area contributed by atoms with Crippen molar-refractivity contribution in [3.05, 3.63) is 64.7 Å². The van der Waals surface area contributed by atoms with Crippen LogP contribution in [0.25, 0.3) is 11.6 Å². The van der Waals surface area contributed by atoms with Gasteiger partial charge in [-0.05, 0) is 41.5 Å². The molecule has 2 aromatic rings. The first kappa shape index (κ1) is 21.6.